The summed E-state index contributed by atoms with van der Waals surface area (Å²) in [6.45, 7) is 6.78. The quantitative estimate of drug-likeness (QED) is 0.705. The number of benzene rings is 1. The summed E-state index contributed by atoms with van der Waals surface area (Å²) in [7, 11) is 2.15. The average molecular weight is 268 g/mol. The fourth-order valence-corrected chi connectivity index (χ4v) is 2.57. The molecule has 0 fully saturated rings. The van der Waals surface area contributed by atoms with Gasteiger partial charge in [-0.15, -0.1) is 0 Å². The van der Waals surface area contributed by atoms with Crippen LogP contribution in [0.4, 0.5) is 0 Å². The van der Waals surface area contributed by atoms with Crippen LogP contribution in [0.15, 0.2) is 42.6 Å². The summed E-state index contributed by atoms with van der Waals surface area (Å²) in [6.07, 6.45) is 6.01. The Kier molecular flexibility index (Phi) is 4.94. The molecule has 0 bridgehead atoms. The minimum Gasteiger partial charge on any atom is -0.201 e. The Hall–Kier alpha value is -1.63. The minimum atomic E-state index is 0.816. The molecule has 0 spiro atoms. The van der Waals surface area contributed by atoms with Crippen LogP contribution in [-0.4, -0.2) is 0 Å². The van der Waals surface area contributed by atoms with Crippen molar-refractivity contribution in [2.24, 2.45) is 13.0 Å². The summed E-state index contributed by atoms with van der Waals surface area (Å²) in [5, 5.41) is 0. The monoisotopic (exact) mass is 268 g/mol. The minimum absolute atomic E-state index is 0.816. The van der Waals surface area contributed by atoms with E-state index in [2.05, 4.69) is 75.0 Å². The van der Waals surface area contributed by atoms with Crippen LogP contribution in [0.3, 0.4) is 0 Å². The second-order valence-electron chi connectivity index (χ2n) is 5.90. The zero-order valence-electron chi connectivity index (χ0n) is 13.2. The van der Waals surface area contributed by atoms with Crippen molar-refractivity contribution in [1.82, 2.24) is 0 Å². The summed E-state index contributed by atoms with van der Waals surface area (Å²) >= 11 is 0. The lowest BCUT2D eigenvalue weighted by Gasteiger charge is -2.08. The van der Waals surface area contributed by atoms with E-state index in [1.807, 2.05) is 0 Å². The predicted octanol–water partition coefficient (Wildman–Crippen LogP) is 4.47. The van der Waals surface area contributed by atoms with Gasteiger partial charge in [0.1, 0.15) is 7.05 Å². The van der Waals surface area contributed by atoms with E-state index in [1.54, 1.807) is 0 Å². The molecule has 2 rings (SSSR count). The lowest BCUT2D eigenvalue weighted by Crippen LogP contribution is -2.31. The number of hydrogen-bond donors (Lipinski definition) is 0. The van der Waals surface area contributed by atoms with Crippen molar-refractivity contribution in [3.63, 3.8) is 0 Å². The normalized spacial score (nSPS) is 12.4. The summed E-state index contributed by atoms with van der Waals surface area (Å²) < 4.78 is 2.26. The first-order valence-electron chi connectivity index (χ1n) is 7.66. The van der Waals surface area contributed by atoms with E-state index < -0.39 is 0 Å². The van der Waals surface area contributed by atoms with Gasteiger partial charge in [0.15, 0.2) is 6.20 Å². The summed E-state index contributed by atoms with van der Waals surface area (Å²) in [5.74, 6) is 0.816. The first-order chi connectivity index (χ1) is 9.61. The van der Waals surface area contributed by atoms with Gasteiger partial charge in [0.05, 0.1) is 0 Å². The summed E-state index contributed by atoms with van der Waals surface area (Å²) in [4.78, 5) is 0. The fourth-order valence-electron chi connectivity index (χ4n) is 2.57. The Morgan fingerprint density at radius 1 is 1.10 bits per heavy atom. The molecule has 1 aromatic carbocycles. The second-order valence-corrected chi connectivity index (χ2v) is 5.90. The Morgan fingerprint density at radius 3 is 2.50 bits per heavy atom. The zero-order chi connectivity index (χ0) is 14.5. The van der Waals surface area contributed by atoms with Crippen LogP contribution in [0.2, 0.25) is 0 Å². The zero-order valence-corrected chi connectivity index (χ0v) is 13.2. The Labute approximate surface area is 123 Å². The summed E-state index contributed by atoms with van der Waals surface area (Å²) in [5.41, 5.74) is 5.37. The van der Waals surface area contributed by atoms with E-state index in [0.717, 1.165) is 5.92 Å². The van der Waals surface area contributed by atoms with Crippen LogP contribution in [0, 0.1) is 12.8 Å². The van der Waals surface area contributed by atoms with Crippen molar-refractivity contribution in [3.8, 4) is 11.3 Å². The molecule has 0 unspecified atom stereocenters. The van der Waals surface area contributed by atoms with Gasteiger partial charge >= 0.3 is 0 Å². The standard InChI is InChI=1S/C19H26N/c1-5-15(2)10-11-17-12-13-19(20(4)14-17)18-9-7-6-8-16(18)3/h6-9,12-15H,5,10-11H2,1-4H3/q+1/t15-/m0/s1. The van der Waals surface area contributed by atoms with Crippen LogP contribution in [0.5, 0.6) is 0 Å². The maximum Gasteiger partial charge on any atom is 0.212 e. The molecule has 1 nitrogen and oxygen atoms in total. The maximum absolute atomic E-state index is 2.34. The van der Waals surface area contributed by atoms with Gasteiger partial charge in [-0.25, -0.2) is 4.57 Å². The van der Waals surface area contributed by atoms with Crippen molar-refractivity contribution in [2.75, 3.05) is 0 Å². The van der Waals surface area contributed by atoms with Crippen LogP contribution < -0.4 is 4.57 Å². The van der Waals surface area contributed by atoms with Crippen LogP contribution >= 0.6 is 0 Å². The number of hydrogen-bond acceptors (Lipinski definition) is 0. The first-order valence-corrected chi connectivity index (χ1v) is 7.66. The van der Waals surface area contributed by atoms with Crippen molar-refractivity contribution in [3.05, 3.63) is 53.7 Å². The highest BCUT2D eigenvalue weighted by Gasteiger charge is 2.12. The van der Waals surface area contributed by atoms with Crippen LogP contribution in [-0.2, 0) is 13.5 Å². The number of nitrogens with zero attached hydrogens (tertiary/aromatic N) is 1. The molecule has 106 valence electrons. The third-order valence-electron chi connectivity index (χ3n) is 4.24. The van der Waals surface area contributed by atoms with E-state index >= 15 is 0 Å². The molecule has 0 N–H and O–H groups in total. The van der Waals surface area contributed by atoms with E-state index in [4.69, 9.17) is 0 Å². The molecule has 0 aliphatic rings. The van der Waals surface area contributed by atoms with Crippen LogP contribution in [0.1, 0.15) is 37.8 Å². The van der Waals surface area contributed by atoms with Gasteiger partial charge in [-0.2, -0.15) is 0 Å². The highest BCUT2D eigenvalue weighted by molar-refractivity contribution is 5.60. The van der Waals surface area contributed by atoms with Gasteiger partial charge in [-0.05, 0) is 43.4 Å². The average Bonchev–Trinajstić information content (AvgIpc) is 2.46. The van der Waals surface area contributed by atoms with E-state index in [0.29, 0.717) is 0 Å². The van der Waals surface area contributed by atoms with Gasteiger partial charge < -0.3 is 0 Å². The Bertz CT molecular complexity index is 572. The van der Waals surface area contributed by atoms with E-state index in [-0.39, 0.29) is 0 Å². The smallest absolute Gasteiger partial charge is 0.201 e. The fraction of sp³-hybridized carbons (Fsp3) is 0.421. The van der Waals surface area contributed by atoms with Gasteiger partial charge in [0.25, 0.3) is 0 Å². The Balaban J connectivity index is 2.20. The lowest BCUT2D eigenvalue weighted by atomic mass is 9.99. The number of pyridine rings is 1. The third kappa shape index (κ3) is 3.47. The SMILES string of the molecule is CC[C@H](C)CCc1ccc(-c2ccccc2C)[n+](C)c1. The Morgan fingerprint density at radius 2 is 1.85 bits per heavy atom. The molecule has 0 amide bonds. The molecule has 0 saturated heterocycles. The molecule has 1 heteroatoms. The van der Waals surface area contributed by atoms with E-state index in [1.165, 1.54) is 41.6 Å². The van der Waals surface area contributed by atoms with E-state index in [9.17, 15) is 0 Å². The highest BCUT2D eigenvalue weighted by atomic mass is 14.9. The topological polar surface area (TPSA) is 3.88 Å². The largest absolute Gasteiger partial charge is 0.212 e. The van der Waals surface area contributed by atoms with Crippen molar-refractivity contribution >= 4 is 0 Å². The third-order valence-corrected chi connectivity index (χ3v) is 4.24. The van der Waals surface area contributed by atoms with Crippen molar-refractivity contribution in [1.29, 1.82) is 0 Å². The predicted molar refractivity (Wildman–Crippen MR) is 85.6 cm³/mol. The molecule has 1 heterocycles. The summed E-state index contributed by atoms with van der Waals surface area (Å²) in [6, 6.07) is 13.1. The van der Waals surface area contributed by atoms with Gasteiger partial charge in [-0.3, -0.25) is 0 Å². The molecule has 20 heavy (non-hydrogen) atoms. The van der Waals surface area contributed by atoms with Crippen molar-refractivity contribution < 1.29 is 4.57 Å². The molecule has 0 saturated carbocycles. The highest BCUT2D eigenvalue weighted by Crippen LogP contribution is 2.20. The molecule has 0 radical (unpaired) electrons. The number of rotatable bonds is 5. The maximum atomic E-state index is 2.34. The van der Waals surface area contributed by atoms with Crippen molar-refractivity contribution in [2.45, 2.75) is 40.0 Å². The van der Waals surface area contributed by atoms with Gasteiger partial charge in [0, 0.05) is 17.2 Å². The molecule has 1 aromatic heterocycles. The van der Waals surface area contributed by atoms with Crippen LogP contribution in [0.25, 0.3) is 11.3 Å². The first kappa shape index (κ1) is 14.8. The number of aromatic nitrogens is 1. The van der Waals surface area contributed by atoms with Gasteiger partial charge in [0.2, 0.25) is 5.69 Å². The molecule has 0 aliphatic carbocycles. The van der Waals surface area contributed by atoms with Gasteiger partial charge in [-0.1, -0.05) is 38.5 Å². The molecule has 1 atom stereocenters. The molecule has 2 aromatic rings. The lowest BCUT2D eigenvalue weighted by molar-refractivity contribution is -0.660. The number of aryl methyl sites for hydroxylation is 3. The second kappa shape index (κ2) is 6.69. The molecular weight excluding hydrogens is 242 g/mol. The molecular formula is C19H26N+. The molecule has 0 aliphatic heterocycles.